The molecule has 112 valence electrons. The smallest absolute Gasteiger partial charge is 0.140 e. The van der Waals surface area contributed by atoms with Crippen molar-refractivity contribution >= 4 is 11.6 Å². The highest BCUT2D eigenvalue weighted by atomic mass is 35.5. The molecule has 1 heterocycles. The lowest BCUT2D eigenvalue weighted by atomic mass is 10.0. The number of rotatable bonds is 3. The van der Waals surface area contributed by atoms with Crippen molar-refractivity contribution in [3.63, 3.8) is 0 Å². The van der Waals surface area contributed by atoms with E-state index in [-0.39, 0.29) is 5.82 Å². The van der Waals surface area contributed by atoms with Gasteiger partial charge in [-0.25, -0.2) is 9.37 Å². The number of H-pyrrole nitrogens is 1. The van der Waals surface area contributed by atoms with Gasteiger partial charge in [0.2, 0.25) is 0 Å². The summed E-state index contributed by atoms with van der Waals surface area (Å²) in [6.07, 6.45) is 0.724. The van der Waals surface area contributed by atoms with E-state index in [9.17, 15) is 9.50 Å². The van der Waals surface area contributed by atoms with Gasteiger partial charge >= 0.3 is 0 Å². The number of nitrogens with one attached hydrogen (secondary N) is 1. The molecule has 3 rings (SSSR count). The summed E-state index contributed by atoms with van der Waals surface area (Å²) >= 11 is 5.87. The third-order valence-corrected chi connectivity index (χ3v) is 3.79. The number of aliphatic hydroxyl groups is 1. The predicted molar refractivity (Wildman–Crippen MR) is 84.2 cm³/mol. The Kier molecular flexibility index (Phi) is 3.96. The number of hydrogen-bond donors (Lipinski definition) is 2. The van der Waals surface area contributed by atoms with Gasteiger partial charge in [-0.3, -0.25) is 0 Å². The lowest BCUT2D eigenvalue weighted by Crippen LogP contribution is -2.04. The van der Waals surface area contributed by atoms with Gasteiger partial charge in [-0.2, -0.15) is 0 Å². The second-order valence-corrected chi connectivity index (χ2v) is 5.53. The number of aromatic amines is 1. The van der Waals surface area contributed by atoms with Crippen molar-refractivity contribution in [3.05, 3.63) is 76.5 Å². The molecule has 0 radical (unpaired) electrons. The molecule has 0 aliphatic carbocycles. The number of nitrogens with zero attached hydrogens (tertiary/aromatic N) is 1. The van der Waals surface area contributed by atoms with Crippen LogP contribution in [-0.4, -0.2) is 15.1 Å². The Morgan fingerprint density at radius 3 is 2.59 bits per heavy atom. The van der Waals surface area contributed by atoms with Crippen LogP contribution in [0.3, 0.4) is 0 Å². The van der Waals surface area contributed by atoms with Gasteiger partial charge in [0.05, 0.1) is 11.9 Å². The Balaban J connectivity index is 1.91. The van der Waals surface area contributed by atoms with E-state index >= 15 is 0 Å². The number of benzene rings is 2. The molecule has 0 saturated carbocycles. The van der Waals surface area contributed by atoms with Crippen LogP contribution in [0.2, 0.25) is 5.02 Å². The van der Waals surface area contributed by atoms with Gasteiger partial charge in [0, 0.05) is 5.02 Å². The van der Waals surface area contributed by atoms with Crippen LogP contribution in [0, 0.1) is 12.7 Å². The van der Waals surface area contributed by atoms with Crippen LogP contribution in [0.25, 0.3) is 11.3 Å². The van der Waals surface area contributed by atoms with E-state index < -0.39 is 6.10 Å². The number of aromatic nitrogens is 2. The summed E-state index contributed by atoms with van der Waals surface area (Å²) in [5, 5.41) is 11.1. The summed E-state index contributed by atoms with van der Waals surface area (Å²) in [5.74, 6) is 0.0920. The average molecular weight is 317 g/mol. The normalized spacial score (nSPS) is 12.4. The topological polar surface area (TPSA) is 48.9 Å². The molecule has 3 aromatic rings. The van der Waals surface area contributed by atoms with E-state index in [4.69, 9.17) is 11.6 Å². The fourth-order valence-electron chi connectivity index (χ4n) is 2.34. The van der Waals surface area contributed by atoms with Crippen LogP contribution in [0.5, 0.6) is 0 Å². The van der Waals surface area contributed by atoms with Crippen molar-refractivity contribution in [1.29, 1.82) is 0 Å². The van der Waals surface area contributed by atoms with E-state index in [1.807, 2.05) is 12.1 Å². The van der Waals surface area contributed by atoms with Gasteiger partial charge in [0.15, 0.2) is 0 Å². The highest BCUT2D eigenvalue weighted by Crippen LogP contribution is 2.26. The average Bonchev–Trinajstić information content (AvgIpc) is 2.97. The molecule has 2 N–H and O–H groups in total. The van der Waals surface area contributed by atoms with Crippen molar-refractivity contribution in [2.24, 2.45) is 0 Å². The van der Waals surface area contributed by atoms with Gasteiger partial charge in [-0.15, -0.1) is 0 Å². The quantitative estimate of drug-likeness (QED) is 0.758. The summed E-state index contributed by atoms with van der Waals surface area (Å²) < 4.78 is 13.2. The third-order valence-electron chi connectivity index (χ3n) is 3.54. The van der Waals surface area contributed by atoms with E-state index in [2.05, 4.69) is 9.97 Å². The lowest BCUT2D eigenvalue weighted by Gasteiger charge is -2.11. The Bertz CT molecular complexity index is 799. The Morgan fingerprint density at radius 1 is 1.18 bits per heavy atom. The largest absolute Gasteiger partial charge is 0.380 e. The van der Waals surface area contributed by atoms with Crippen LogP contribution in [0.4, 0.5) is 4.39 Å². The first-order valence-corrected chi connectivity index (χ1v) is 7.17. The molecule has 0 aliphatic heterocycles. The molecule has 5 heteroatoms. The maximum atomic E-state index is 13.2. The minimum absolute atomic E-state index is 0.324. The minimum Gasteiger partial charge on any atom is -0.380 e. The van der Waals surface area contributed by atoms with E-state index in [0.29, 0.717) is 22.0 Å². The first-order valence-electron chi connectivity index (χ1n) is 6.79. The van der Waals surface area contributed by atoms with Crippen LogP contribution >= 0.6 is 11.6 Å². The Labute approximate surface area is 132 Å². The van der Waals surface area contributed by atoms with Crippen LogP contribution < -0.4 is 0 Å². The number of aliphatic hydroxyl groups excluding tert-OH is 1. The summed E-state index contributed by atoms with van der Waals surface area (Å²) in [4.78, 5) is 7.31. The zero-order chi connectivity index (χ0) is 15.7. The Morgan fingerprint density at radius 2 is 1.91 bits per heavy atom. The van der Waals surface area contributed by atoms with Gasteiger partial charge in [-0.05, 0) is 47.9 Å². The minimum atomic E-state index is -0.929. The van der Waals surface area contributed by atoms with Crippen molar-refractivity contribution in [2.75, 3.05) is 0 Å². The highest BCUT2D eigenvalue weighted by molar-refractivity contribution is 6.30. The standard InChI is InChI=1S/C17H14ClFN2O/c1-10-8-13(19)6-7-14(10)16(22)17-20-9-15(21-17)11-2-4-12(18)5-3-11/h2-9,16,22H,1H3,(H,20,21). The molecule has 22 heavy (non-hydrogen) atoms. The molecule has 1 unspecified atom stereocenters. The van der Waals surface area contributed by atoms with Crippen LogP contribution in [0.15, 0.2) is 48.7 Å². The lowest BCUT2D eigenvalue weighted by molar-refractivity contribution is 0.210. The summed E-state index contributed by atoms with van der Waals surface area (Å²) in [6.45, 7) is 1.75. The molecule has 0 amide bonds. The van der Waals surface area contributed by atoms with Crippen molar-refractivity contribution in [3.8, 4) is 11.3 Å². The maximum absolute atomic E-state index is 13.2. The molecular formula is C17H14ClFN2O. The maximum Gasteiger partial charge on any atom is 0.140 e. The number of imidazole rings is 1. The number of halogens is 2. The van der Waals surface area contributed by atoms with Gasteiger partial charge < -0.3 is 10.1 Å². The zero-order valence-electron chi connectivity index (χ0n) is 11.8. The molecule has 0 aliphatic rings. The van der Waals surface area contributed by atoms with Gasteiger partial charge in [-0.1, -0.05) is 29.8 Å². The highest BCUT2D eigenvalue weighted by Gasteiger charge is 2.17. The van der Waals surface area contributed by atoms with E-state index in [0.717, 1.165) is 11.3 Å². The third kappa shape index (κ3) is 2.89. The van der Waals surface area contributed by atoms with Crippen molar-refractivity contribution in [1.82, 2.24) is 9.97 Å². The monoisotopic (exact) mass is 316 g/mol. The summed E-state index contributed by atoms with van der Waals surface area (Å²) in [7, 11) is 0. The fourth-order valence-corrected chi connectivity index (χ4v) is 2.47. The molecule has 1 aromatic heterocycles. The van der Waals surface area contributed by atoms with Crippen molar-refractivity contribution in [2.45, 2.75) is 13.0 Å². The zero-order valence-corrected chi connectivity index (χ0v) is 12.6. The van der Waals surface area contributed by atoms with Crippen LogP contribution in [0.1, 0.15) is 23.1 Å². The SMILES string of the molecule is Cc1cc(F)ccc1C(O)c1ncc(-c2ccc(Cl)cc2)[nH]1. The molecule has 0 fully saturated rings. The number of hydrogen-bond acceptors (Lipinski definition) is 2. The molecular weight excluding hydrogens is 303 g/mol. The Hall–Kier alpha value is -2.17. The first-order chi connectivity index (χ1) is 10.5. The van der Waals surface area contributed by atoms with E-state index in [1.165, 1.54) is 12.1 Å². The van der Waals surface area contributed by atoms with Crippen LogP contribution in [-0.2, 0) is 0 Å². The van der Waals surface area contributed by atoms with Crippen molar-refractivity contribution < 1.29 is 9.50 Å². The molecule has 3 nitrogen and oxygen atoms in total. The molecule has 1 atom stereocenters. The van der Waals surface area contributed by atoms with Gasteiger partial charge in [0.1, 0.15) is 17.7 Å². The molecule has 0 spiro atoms. The predicted octanol–water partition coefficient (Wildman–Crippen LogP) is 4.26. The molecule has 2 aromatic carbocycles. The van der Waals surface area contributed by atoms with E-state index in [1.54, 1.807) is 31.3 Å². The summed E-state index contributed by atoms with van der Waals surface area (Å²) in [5.41, 5.74) is 3.01. The fraction of sp³-hybridized carbons (Fsp3) is 0.118. The molecule has 0 bridgehead atoms. The second-order valence-electron chi connectivity index (χ2n) is 5.09. The molecule has 0 saturated heterocycles. The first kappa shape index (κ1) is 14.8. The second kappa shape index (κ2) is 5.91. The van der Waals surface area contributed by atoms with Gasteiger partial charge in [0.25, 0.3) is 0 Å². The number of aryl methyl sites for hydroxylation is 1. The summed E-state index contributed by atoms with van der Waals surface area (Å²) in [6, 6.07) is 11.6.